The van der Waals surface area contributed by atoms with E-state index >= 15 is 0 Å². The Morgan fingerprint density at radius 1 is 0.929 bits per heavy atom. The molecule has 0 aliphatic heterocycles. The molecule has 8 heteroatoms. The Morgan fingerprint density at radius 2 is 1.21 bits per heavy atom. The van der Waals surface area contributed by atoms with Gasteiger partial charge in [-0.05, 0) is 0 Å². The third kappa shape index (κ3) is 4.82. The van der Waals surface area contributed by atoms with Crippen LogP contribution >= 0.6 is 0 Å². The van der Waals surface area contributed by atoms with Crippen molar-refractivity contribution < 1.29 is 34.8 Å². The van der Waals surface area contributed by atoms with E-state index in [1.54, 1.807) is 0 Å². The summed E-state index contributed by atoms with van der Waals surface area (Å²) in [5.41, 5.74) is -2.74. The maximum absolute atomic E-state index is 10.3. The Labute approximate surface area is 89.3 Å². The van der Waals surface area contributed by atoms with E-state index in [0.29, 0.717) is 0 Å². The van der Waals surface area contributed by atoms with Crippen LogP contribution in [0.15, 0.2) is 0 Å². The van der Waals surface area contributed by atoms with Gasteiger partial charge in [0.2, 0.25) is 0 Å². The fraction of sp³-hybridized carbons (Fsp3) is 0.500. The van der Waals surface area contributed by atoms with E-state index < -0.39 is 36.4 Å². The molecule has 14 heavy (non-hydrogen) atoms. The molecule has 0 aromatic carbocycles. The van der Waals surface area contributed by atoms with Gasteiger partial charge in [-0.15, -0.1) is 0 Å². The number of carboxylic acid groups (broad SMARTS) is 3. The molecule has 0 saturated heterocycles. The summed E-state index contributed by atoms with van der Waals surface area (Å²) in [6, 6.07) is 0. The quantitative estimate of drug-likeness (QED) is 0.399. The van der Waals surface area contributed by atoms with Crippen LogP contribution in [0.2, 0.25) is 0 Å². The molecular formula is C6H12GeO7. The van der Waals surface area contributed by atoms with Crippen molar-refractivity contribution in [2.45, 2.75) is 18.4 Å². The van der Waals surface area contributed by atoms with Crippen molar-refractivity contribution in [2.75, 3.05) is 0 Å². The van der Waals surface area contributed by atoms with Crippen LogP contribution < -0.4 is 0 Å². The fourth-order valence-electron chi connectivity index (χ4n) is 0.714. The van der Waals surface area contributed by atoms with Crippen LogP contribution in [-0.4, -0.2) is 61.5 Å². The van der Waals surface area contributed by atoms with Crippen molar-refractivity contribution in [1.82, 2.24) is 0 Å². The van der Waals surface area contributed by atoms with Crippen LogP contribution in [0, 0.1) is 0 Å². The molecule has 0 saturated carbocycles. The van der Waals surface area contributed by atoms with Gasteiger partial charge in [-0.3, -0.25) is 9.59 Å². The molecule has 0 amide bonds. The number of carbonyl (C=O) groups is 3. The molecule has 4 N–H and O–H groups in total. The molecule has 0 aliphatic carbocycles. The van der Waals surface area contributed by atoms with Crippen molar-refractivity contribution in [3.63, 3.8) is 0 Å². The summed E-state index contributed by atoms with van der Waals surface area (Å²) in [6.07, 6.45) is -2.29. The van der Waals surface area contributed by atoms with Gasteiger partial charge in [-0.1, -0.05) is 0 Å². The van der Waals surface area contributed by atoms with E-state index in [2.05, 4.69) is 0 Å². The number of aliphatic carboxylic acids is 3. The minimum absolute atomic E-state index is 0. The van der Waals surface area contributed by atoms with E-state index in [1.807, 2.05) is 0 Å². The first-order chi connectivity index (χ1) is 5.78. The molecule has 0 bridgehead atoms. The normalized spacial score (nSPS) is 10.1. The number of rotatable bonds is 5. The molecule has 0 aromatic heterocycles. The Bertz CT molecular complexity index is 233. The van der Waals surface area contributed by atoms with Crippen molar-refractivity contribution in [3.05, 3.63) is 0 Å². The molecule has 0 rings (SSSR count). The van der Waals surface area contributed by atoms with Gasteiger partial charge in [0.05, 0.1) is 12.8 Å². The molecular weight excluding hydrogens is 257 g/mol. The van der Waals surface area contributed by atoms with Gasteiger partial charge in [-0.2, -0.15) is 0 Å². The molecule has 82 valence electrons. The molecule has 0 radical (unpaired) electrons. The van der Waals surface area contributed by atoms with Gasteiger partial charge >= 0.3 is 35.5 Å². The van der Waals surface area contributed by atoms with Crippen LogP contribution in [0.5, 0.6) is 0 Å². The molecule has 0 unspecified atom stereocenters. The molecule has 7 nitrogen and oxygen atoms in total. The van der Waals surface area contributed by atoms with Crippen molar-refractivity contribution in [3.8, 4) is 0 Å². The number of hydrogen-bond acceptors (Lipinski definition) is 4. The number of hydrogen-bond donors (Lipinski definition) is 4. The summed E-state index contributed by atoms with van der Waals surface area (Å²) in [7, 11) is 0. The number of aliphatic hydroxyl groups is 1. The zero-order valence-corrected chi connectivity index (χ0v) is 6.43. The van der Waals surface area contributed by atoms with E-state index in [9.17, 15) is 14.4 Å². The second kappa shape index (κ2) is 5.60. The van der Waals surface area contributed by atoms with Gasteiger partial charge in [-0.25, -0.2) is 4.79 Å². The van der Waals surface area contributed by atoms with Crippen molar-refractivity contribution in [1.29, 1.82) is 0 Å². The third-order valence-electron chi connectivity index (χ3n) is 1.29. The monoisotopic (exact) mass is 270 g/mol. The van der Waals surface area contributed by atoms with Gasteiger partial charge in [0.1, 0.15) is 0 Å². The van der Waals surface area contributed by atoms with Crippen LogP contribution in [0.4, 0.5) is 0 Å². The van der Waals surface area contributed by atoms with Gasteiger partial charge in [0.25, 0.3) is 0 Å². The van der Waals surface area contributed by atoms with Crippen LogP contribution in [-0.2, 0) is 14.4 Å². The third-order valence-corrected chi connectivity index (χ3v) is 1.29. The molecule has 0 aliphatic rings. The Hall–Kier alpha value is -1.09. The summed E-state index contributed by atoms with van der Waals surface area (Å²) in [4.78, 5) is 30.5. The maximum atomic E-state index is 10.3. The van der Waals surface area contributed by atoms with Gasteiger partial charge in [0, 0.05) is 0 Å². The fourth-order valence-corrected chi connectivity index (χ4v) is 0.714. The van der Waals surface area contributed by atoms with Crippen LogP contribution in [0.25, 0.3) is 0 Å². The first-order valence-corrected chi connectivity index (χ1v) is 3.17. The molecule has 0 atom stereocenters. The summed E-state index contributed by atoms with van der Waals surface area (Å²) < 4.78 is 0. The summed E-state index contributed by atoms with van der Waals surface area (Å²) in [5.74, 6) is -5.02. The van der Waals surface area contributed by atoms with Gasteiger partial charge < -0.3 is 20.4 Å². The zero-order valence-electron chi connectivity index (χ0n) is 6.43. The summed E-state index contributed by atoms with van der Waals surface area (Å²) in [5, 5.41) is 33.8. The number of carboxylic acids is 3. The van der Waals surface area contributed by atoms with Gasteiger partial charge in [0.15, 0.2) is 5.60 Å². The van der Waals surface area contributed by atoms with E-state index in [4.69, 9.17) is 20.4 Å². The average molecular weight is 269 g/mol. The predicted octanol–water partition coefficient (Wildman–Crippen LogP) is -2.70. The van der Waals surface area contributed by atoms with E-state index in [-0.39, 0.29) is 17.6 Å². The van der Waals surface area contributed by atoms with Crippen molar-refractivity contribution in [2.24, 2.45) is 0 Å². The Balaban J connectivity index is 0. The summed E-state index contributed by atoms with van der Waals surface area (Å²) in [6.45, 7) is 0. The molecule has 0 spiro atoms. The summed E-state index contributed by atoms with van der Waals surface area (Å²) >= 11 is 0. The van der Waals surface area contributed by atoms with Crippen molar-refractivity contribution >= 4 is 35.5 Å². The van der Waals surface area contributed by atoms with E-state index in [0.717, 1.165) is 0 Å². The second-order valence-electron chi connectivity index (χ2n) is 2.48. The van der Waals surface area contributed by atoms with Crippen LogP contribution in [0.3, 0.4) is 0 Å². The molecule has 0 aromatic rings. The average Bonchev–Trinajstić information content (AvgIpc) is 1.82. The molecule has 0 fully saturated rings. The SMILES string of the molecule is O=C(O)CC(O)(CC(=O)O)C(=O)O.[GeH4]. The first-order valence-electron chi connectivity index (χ1n) is 3.17. The Morgan fingerprint density at radius 3 is 1.36 bits per heavy atom. The molecule has 0 heterocycles. The van der Waals surface area contributed by atoms with E-state index in [1.165, 1.54) is 0 Å². The predicted molar refractivity (Wildman–Crippen MR) is 48.4 cm³/mol. The zero-order chi connectivity index (χ0) is 10.6. The second-order valence-corrected chi connectivity index (χ2v) is 2.48. The topological polar surface area (TPSA) is 132 Å². The van der Waals surface area contributed by atoms with Crippen LogP contribution in [0.1, 0.15) is 12.8 Å². The first kappa shape index (κ1) is 15.4. The standard InChI is InChI=1S/C6H8O7.GeH4/c7-3(8)1-6(13,5(11)12)2-4(9)10;/h13H,1-2H2,(H,7,8)(H,9,10)(H,11,12);1H4. The Kier molecular flexibility index (Phi) is 6.16. The minimum atomic E-state index is -2.74.